The number of likely N-dealkylation sites (tertiary alicyclic amines) is 1. The molecule has 0 spiro atoms. The Bertz CT molecular complexity index is 734. The number of anilines is 1. The van der Waals surface area contributed by atoms with Crippen LogP contribution in [0.2, 0.25) is 0 Å². The lowest BCUT2D eigenvalue weighted by Crippen LogP contribution is -2.44. The van der Waals surface area contributed by atoms with E-state index >= 15 is 0 Å². The van der Waals surface area contributed by atoms with Gasteiger partial charge in [-0.3, -0.25) is 9.59 Å². The van der Waals surface area contributed by atoms with Gasteiger partial charge in [-0.25, -0.2) is 0 Å². The van der Waals surface area contributed by atoms with Crippen LogP contribution in [0.4, 0.5) is 5.69 Å². The van der Waals surface area contributed by atoms with E-state index in [1.165, 1.54) is 6.92 Å². The van der Waals surface area contributed by atoms with Crippen molar-refractivity contribution in [2.45, 2.75) is 25.9 Å². The number of ether oxygens (including phenoxy) is 1. The van der Waals surface area contributed by atoms with E-state index in [2.05, 4.69) is 15.5 Å². The number of hydrogen-bond donors (Lipinski definition) is 1. The van der Waals surface area contributed by atoms with Crippen molar-refractivity contribution in [2.24, 2.45) is 0 Å². The molecule has 1 aliphatic heterocycles. The minimum Gasteiger partial charge on any atom is -0.471 e. The van der Waals surface area contributed by atoms with Gasteiger partial charge >= 0.3 is 0 Å². The number of amides is 2. The van der Waals surface area contributed by atoms with E-state index in [9.17, 15) is 9.59 Å². The summed E-state index contributed by atoms with van der Waals surface area (Å²) in [6, 6.07) is 10.4. The largest absolute Gasteiger partial charge is 0.471 e. The van der Waals surface area contributed by atoms with Gasteiger partial charge in [0.15, 0.2) is 0 Å². The highest BCUT2D eigenvalue weighted by Crippen LogP contribution is 2.19. The third-order valence-electron chi connectivity index (χ3n) is 3.95. The third-order valence-corrected chi connectivity index (χ3v) is 3.95. The van der Waals surface area contributed by atoms with Gasteiger partial charge in [0.25, 0.3) is 5.91 Å². The first-order chi connectivity index (χ1) is 12.1. The standard InChI is InChI=1S/C18H20N4O3/c1-13(23)20-15-8-6-14(7-9-15)18(24)22-11-3-4-16(12-22)25-17-5-2-10-19-21-17/h2,5-10,16H,3-4,11-12H2,1H3,(H,20,23). The van der Waals surface area contributed by atoms with Crippen molar-refractivity contribution in [3.63, 3.8) is 0 Å². The molecule has 1 fully saturated rings. The summed E-state index contributed by atoms with van der Waals surface area (Å²) >= 11 is 0. The zero-order valence-electron chi connectivity index (χ0n) is 14.0. The van der Waals surface area contributed by atoms with Gasteiger partial charge in [-0.1, -0.05) is 0 Å². The lowest BCUT2D eigenvalue weighted by molar-refractivity contribution is -0.114. The molecule has 0 aliphatic carbocycles. The number of carbonyl (C=O) groups excluding carboxylic acids is 2. The highest BCUT2D eigenvalue weighted by Gasteiger charge is 2.26. The number of benzene rings is 1. The minimum absolute atomic E-state index is 0.0400. The first kappa shape index (κ1) is 16.9. The fourth-order valence-corrected chi connectivity index (χ4v) is 2.82. The normalized spacial score (nSPS) is 17.0. The summed E-state index contributed by atoms with van der Waals surface area (Å²) in [6.07, 6.45) is 3.25. The Morgan fingerprint density at radius 3 is 2.72 bits per heavy atom. The summed E-state index contributed by atoms with van der Waals surface area (Å²) in [5.74, 6) is 0.294. The van der Waals surface area contributed by atoms with Crippen LogP contribution in [0.25, 0.3) is 0 Å². The van der Waals surface area contributed by atoms with Crippen LogP contribution in [0.1, 0.15) is 30.1 Å². The topological polar surface area (TPSA) is 84.4 Å². The molecule has 7 nitrogen and oxygen atoms in total. The van der Waals surface area contributed by atoms with E-state index in [0.29, 0.717) is 30.2 Å². The van der Waals surface area contributed by atoms with Crippen molar-refractivity contribution < 1.29 is 14.3 Å². The van der Waals surface area contributed by atoms with Gasteiger partial charge in [0, 0.05) is 37.0 Å². The zero-order chi connectivity index (χ0) is 17.6. The van der Waals surface area contributed by atoms with Crippen LogP contribution in [-0.2, 0) is 4.79 Å². The van der Waals surface area contributed by atoms with Crippen molar-refractivity contribution in [1.82, 2.24) is 15.1 Å². The third kappa shape index (κ3) is 4.53. The smallest absolute Gasteiger partial charge is 0.253 e. The lowest BCUT2D eigenvalue weighted by atomic mass is 10.1. The molecule has 1 saturated heterocycles. The van der Waals surface area contributed by atoms with E-state index in [1.807, 2.05) is 0 Å². The Labute approximate surface area is 146 Å². The van der Waals surface area contributed by atoms with Crippen molar-refractivity contribution in [1.29, 1.82) is 0 Å². The minimum atomic E-state index is -0.140. The van der Waals surface area contributed by atoms with Crippen LogP contribution < -0.4 is 10.1 Å². The summed E-state index contributed by atoms with van der Waals surface area (Å²) in [4.78, 5) is 25.5. The number of rotatable bonds is 4. The monoisotopic (exact) mass is 340 g/mol. The second kappa shape index (κ2) is 7.74. The van der Waals surface area contributed by atoms with Crippen LogP contribution in [0, 0.1) is 0 Å². The molecular formula is C18H20N4O3. The molecule has 3 rings (SSSR count). The molecule has 1 N–H and O–H groups in total. The lowest BCUT2D eigenvalue weighted by Gasteiger charge is -2.32. The number of hydrogen-bond acceptors (Lipinski definition) is 5. The highest BCUT2D eigenvalue weighted by atomic mass is 16.5. The number of piperidine rings is 1. The average molecular weight is 340 g/mol. The Morgan fingerprint density at radius 1 is 1.24 bits per heavy atom. The van der Waals surface area contributed by atoms with Crippen molar-refractivity contribution in [2.75, 3.05) is 18.4 Å². The molecule has 0 bridgehead atoms. The summed E-state index contributed by atoms with van der Waals surface area (Å²) in [7, 11) is 0. The fraction of sp³-hybridized carbons (Fsp3) is 0.333. The number of nitrogens with zero attached hydrogens (tertiary/aromatic N) is 3. The molecule has 0 radical (unpaired) electrons. The first-order valence-electron chi connectivity index (χ1n) is 8.23. The molecule has 1 unspecified atom stereocenters. The second-order valence-electron chi connectivity index (χ2n) is 5.95. The Kier molecular flexibility index (Phi) is 5.23. The van der Waals surface area contributed by atoms with Gasteiger partial charge in [-0.05, 0) is 43.2 Å². The maximum absolute atomic E-state index is 12.7. The molecule has 1 aromatic heterocycles. The first-order valence-corrected chi connectivity index (χ1v) is 8.23. The Morgan fingerprint density at radius 2 is 2.04 bits per heavy atom. The Balaban J connectivity index is 1.62. The van der Waals surface area contributed by atoms with Crippen LogP contribution in [0.3, 0.4) is 0 Å². The highest BCUT2D eigenvalue weighted by molar-refractivity contribution is 5.95. The van der Waals surface area contributed by atoms with Gasteiger partial charge in [0.05, 0.1) is 6.54 Å². The van der Waals surface area contributed by atoms with Crippen LogP contribution in [-0.4, -0.2) is 46.1 Å². The predicted octanol–water partition coefficient (Wildman–Crippen LogP) is 2.12. The quantitative estimate of drug-likeness (QED) is 0.921. The molecule has 130 valence electrons. The van der Waals surface area contributed by atoms with E-state index in [-0.39, 0.29) is 17.9 Å². The molecule has 1 atom stereocenters. The SMILES string of the molecule is CC(=O)Nc1ccc(C(=O)N2CCCC(Oc3cccnn3)C2)cc1. The van der Waals surface area contributed by atoms with Gasteiger partial charge in [-0.2, -0.15) is 5.10 Å². The van der Waals surface area contributed by atoms with Crippen molar-refractivity contribution >= 4 is 17.5 Å². The molecule has 2 aromatic rings. The second-order valence-corrected chi connectivity index (χ2v) is 5.95. The van der Waals surface area contributed by atoms with Crippen LogP contribution >= 0.6 is 0 Å². The summed E-state index contributed by atoms with van der Waals surface area (Å²) < 4.78 is 5.82. The maximum atomic E-state index is 12.7. The van der Waals surface area contributed by atoms with Crippen molar-refractivity contribution in [3.8, 4) is 5.88 Å². The van der Waals surface area contributed by atoms with E-state index in [1.54, 1.807) is 47.5 Å². The van der Waals surface area contributed by atoms with Crippen LogP contribution in [0.15, 0.2) is 42.6 Å². The molecule has 1 aliphatic rings. The number of nitrogens with one attached hydrogen (secondary N) is 1. The van der Waals surface area contributed by atoms with Gasteiger partial charge in [-0.15, -0.1) is 5.10 Å². The Hall–Kier alpha value is -2.96. The number of aromatic nitrogens is 2. The molecule has 7 heteroatoms. The molecule has 25 heavy (non-hydrogen) atoms. The molecule has 0 saturated carbocycles. The van der Waals surface area contributed by atoms with Crippen LogP contribution in [0.5, 0.6) is 5.88 Å². The van der Waals surface area contributed by atoms with E-state index < -0.39 is 0 Å². The zero-order valence-corrected chi connectivity index (χ0v) is 14.0. The summed E-state index contributed by atoms with van der Waals surface area (Å²) in [5.41, 5.74) is 1.26. The summed E-state index contributed by atoms with van der Waals surface area (Å²) in [6.45, 7) is 2.67. The molecule has 2 heterocycles. The average Bonchev–Trinajstić information content (AvgIpc) is 2.62. The van der Waals surface area contributed by atoms with Gasteiger partial charge in [0.2, 0.25) is 11.8 Å². The van der Waals surface area contributed by atoms with E-state index in [4.69, 9.17) is 4.74 Å². The van der Waals surface area contributed by atoms with Gasteiger partial charge < -0.3 is 15.0 Å². The molecule has 1 aromatic carbocycles. The number of carbonyl (C=O) groups is 2. The molecular weight excluding hydrogens is 320 g/mol. The fourth-order valence-electron chi connectivity index (χ4n) is 2.82. The van der Waals surface area contributed by atoms with Gasteiger partial charge in [0.1, 0.15) is 6.10 Å². The van der Waals surface area contributed by atoms with E-state index in [0.717, 1.165) is 12.8 Å². The predicted molar refractivity (Wildman–Crippen MR) is 92.3 cm³/mol. The van der Waals surface area contributed by atoms with Crippen molar-refractivity contribution in [3.05, 3.63) is 48.2 Å². The summed E-state index contributed by atoms with van der Waals surface area (Å²) in [5, 5.41) is 10.4. The maximum Gasteiger partial charge on any atom is 0.253 e. The molecule has 2 amide bonds.